The van der Waals surface area contributed by atoms with E-state index in [1.54, 1.807) is 6.07 Å². The number of rotatable bonds is 7. The van der Waals surface area contributed by atoms with Gasteiger partial charge in [-0.2, -0.15) is 4.31 Å². The highest BCUT2D eigenvalue weighted by atomic mass is 32.2. The van der Waals surface area contributed by atoms with Crippen LogP contribution in [0.25, 0.3) is 0 Å². The minimum absolute atomic E-state index is 0.0241. The first-order valence-electron chi connectivity index (χ1n) is 6.13. The van der Waals surface area contributed by atoms with E-state index in [-0.39, 0.29) is 29.5 Å². The van der Waals surface area contributed by atoms with E-state index in [9.17, 15) is 16.8 Å². The summed E-state index contributed by atoms with van der Waals surface area (Å²) in [5, 5.41) is 0. The average molecular weight is 336 g/mol. The molecular weight excluding hydrogens is 316 g/mol. The number of nitrogens with zero attached hydrogens (tertiary/aromatic N) is 1. The summed E-state index contributed by atoms with van der Waals surface area (Å²) in [7, 11) is -4.40. The van der Waals surface area contributed by atoms with Gasteiger partial charge < -0.3 is 10.5 Å². The van der Waals surface area contributed by atoms with Crippen molar-refractivity contribution in [2.45, 2.75) is 11.4 Å². The van der Waals surface area contributed by atoms with Gasteiger partial charge in [0.05, 0.1) is 12.9 Å². The molecule has 21 heavy (non-hydrogen) atoms. The van der Waals surface area contributed by atoms with Crippen molar-refractivity contribution in [1.29, 1.82) is 0 Å². The Balaban J connectivity index is 3.17. The number of hydrogen-bond donors (Lipinski definition) is 1. The number of sulfone groups is 1. The molecule has 0 unspecified atom stereocenters. The predicted octanol–water partition coefficient (Wildman–Crippen LogP) is -0.181. The van der Waals surface area contributed by atoms with E-state index in [4.69, 9.17) is 10.5 Å². The summed E-state index contributed by atoms with van der Waals surface area (Å²) in [5.74, 6) is -0.0554. The van der Waals surface area contributed by atoms with Crippen LogP contribution in [0.1, 0.15) is 5.56 Å². The predicted molar refractivity (Wildman–Crippen MR) is 80.4 cm³/mol. The van der Waals surface area contributed by atoms with Crippen LogP contribution in [0.3, 0.4) is 0 Å². The molecule has 0 aliphatic rings. The topological polar surface area (TPSA) is 107 Å². The number of ether oxygens (including phenoxy) is 1. The standard InChI is InChI=1S/C12H20N2O5S2/c1-14(6-7-20(3,15)16)21(17,18)12-8-10(9-13)4-5-11(12)19-2/h4-5,8H,6-7,9,13H2,1-3H3. The molecule has 1 aromatic carbocycles. The summed E-state index contributed by atoms with van der Waals surface area (Å²) in [5.41, 5.74) is 6.16. The molecule has 0 bridgehead atoms. The molecule has 0 aromatic heterocycles. The second-order valence-electron chi connectivity index (χ2n) is 4.65. The quantitative estimate of drug-likeness (QED) is 0.740. The van der Waals surface area contributed by atoms with Crippen LogP contribution in [0.4, 0.5) is 0 Å². The Hall–Kier alpha value is -1.16. The molecule has 0 atom stereocenters. The van der Waals surface area contributed by atoms with Crippen molar-refractivity contribution in [1.82, 2.24) is 4.31 Å². The molecule has 0 aliphatic carbocycles. The lowest BCUT2D eigenvalue weighted by Crippen LogP contribution is -2.31. The van der Waals surface area contributed by atoms with Gasteiger partial charge in [0.15, 0.2) is 0 Å². The summed E-state index contributed by atoms with van der Waals surface area (Å²) in [6, 6.07) is 4.64. The Labute approximate surface area is 125 Å². The van der Waals surface area contributed by atoms with Gasteiger partial charge >= 0.3 is 0 Å². The summed E-state index contributed by atoms with van der Waals surface area (Å²) in [4.78, 5) is -0.0241. The fourth-order valence-electron chi connectivity index (χ4n) is 1.63. The van der Waals surface area contributed by atoms with E-state index >= 15 is 0 Å². The zero-order valence-electron chi connectivity index (χ0n) is 12.2. The largest absolute Gasteiger partial charge is 0.495 e. The maximum atomic E-state index is 12.5. The monoisotopic (exact) mass is 336 g/mol. The zero-order valence-corrected chi connectivity index (χ0v) is 13.9. The van der Waals surface area contributed by atoms with Crippen molar-refractivity contribution >= 4 is 19.9 Å². The lowest BCUT2D eigenvalue weighted by molar-refractivity contribution is 0.398. The van der Waals surface area contributed by atoms with Gasteiger partial charge in [0, 0.05) is 26.4 Å². The molecule has 0 aliphatic heterocycles. The van der Waals surface area contributed by atoms with E-state index in [1.807, 2.05) is 0 Å². The molecule has 0 amide bonds. The van der Waals surface area contributed by atoms with E-state index in [0.29, 0.717) is 5.56 Å². The molecule has 0 spiro atoms. The summed E-state index contributed by atoms with van der Waals surface area (Å²) in [6.45, 7) is 0.0662. The minimum atomic E-state index is -3.85. The normalized spacial score (nSPS) is 12.6. The van der Waals surface area contributed by atoms with Crippen molar-refractivity contribution in [3.05, 3.63) is 23.8 Å². The van der Waals surface area contributed by atoms with Crippen LogP contribution in [-0.2, 0) is 26.4 Å². The van der Waals surface area contributed by atoms with E-state index in [0.717, 1.165) is 10.6 Å². The number of methoxy groups -OCH3 is 1. The molecule has 0 fully saturated rings. The Kier molecular flexibility index (Phi) is 5.74. The Morgan fingerprint density at radius 1 is 1.24 bits per heavy atom. The molecule has 1 aromatic rings. The molecular formula is C12H20N2O5S2. The molecule has 9 heteroatoms. The Bertz CT molecular complexity index is 698. The summed E-state index contributed by atoms with van der Waals surface area (Å²) < 4.78 is 53.4. The molecule has 0 heterocycles. The van der Waals surface area contributed by atoms with Crippen molar-refractivity contribution in [2.75, 3.05) is 32.7 Å². The fraction of sp³-hybridized carbons (Fsp3) is 0.500. The van der Waals surface area contributed by atoms with Crippen LogP contribution in [0.2, 0.25) is 0 Å². The second kappa shape index (κ2) is 6.73. The van der Waals surface area contributed by atoms with Crippen molar-refractivity contribution in [3.63, 3.8) is 0 Å². The lowest BCUT2D eigenvalue weighted by atomic mass is 10.2. The van der Waals surface area contributed by atoms with Crippen LogP contribution >= 0.6 is 0 Å². The van der Waals surface area contributed by atoms with Crippen LogP contribution < -0.4 is 10.5 Å². The number of hydrogen-bond acceptors (Lipinski definition) is 6. The van der Waals surface area contributed by atoms with E-state index in [2.05, 4.69) is 0 Å². The molecule has 0 radical (unpaired) electrons. The Morgan fingerprint density at radius 3 is 2.33 bits per heavy atom. The van der Waals surface area contributed by atoms with E-state index < -0.39 is 19.9 Å². The van der Waals surface area contributed by atoms with Crippen LogP contribution in [-0.4, -0.2) is 53.9 Å². The lowest BCUT2D eigenvalue weighted by Gasteiger charge is -2.19. The maximum absolute atomic E-state index is 12.5. The first-order valence-corrected chi connectivity index (χ1v) is 9.63. The average Bonchev–Trinajstić information content (AvgIpc) is 2.42. The van der Waals surface area contributed by atoms with Gasteiger partial charge in [0.25, 0.3) is 0 Å². The third kappa shape index (κ3) is 4.67. The SMILES string of the molecule is COc1ccc(CN)cc1S(=O)(=O)N(C)CCS(C)(=O)=O. The first kappa shape index (κ1) is 17.9. The molecule has 1 rings (SSSR count). The van der Waals surface area contributed by atoms with Crippen LogP contribution in [0, 0.1) is 0 Å². The fourth-order valence-corrected chi connectivity index (χ4v) is 3.73. The highest BCUT2D eigenvalue weighted by Gasteiger charge is 2.25. The third-order valence-electron chi connectivity index (χ3n) is 2.93. The molecule has 7 nitrogen and oxygen atoms in total. The van der Waals surface area contributed by atoms with Gasteiger partial charge in [-0.3, -0.25) is 0 Å². The van der Waals surface area contributed by atoms with Gasteiger partial charge in [-0.25, -0.2) is 16.8 Å². The number of nitrogens with two attached hydrogens (primary N) is 1. The summed E-state index contributed by atoms with van der Waals surface area (Å²) >= 11 is 0. The van der Waals surface area contributed by atoms with Gasteiger partial charge in [-0.1, -0.05) is 6.07 Å². The number of sulfonamides is 1. The minimum Gasteiger partial charge on any atom is -0.495 e. The second-order valence-corrected chi connectivity index (χ2v) is 8.92. The third-order valence-corrected chi connectivity index (χ3v) is 5.73. The van der Waals surface area contributed by atoms with Crippen molar-refractivity contribution < 1.29 is 21.6 Å². The summed E-state index contributed by atoms with van der Waals surface area (Å²) in [6.07, 6.45) is 1.06. The van der Waals surface area contributed by atoms with Crippen molar-refractivity contribution in [3.8, 4) is 5.75 Å². The first-order chi connectivity index (χ1) is 9.61. The van der Waals surface area contributed by atoms with Gasteiger partial charge in [0.2, 0.25) is 10.0 Å². The number of benzene rings is 1. The molecule has 120 valence electrons. The smallest absolute Gasteiger partial charge is 0.246 e. The highest BCUT2D eigenvalue weighted by molar-refractivity contribution is 7.91. The molecule has 0 saturated carbocycles. The van der Waals surface area contributed by atoms with E-state index in [1.165, 1.54) is 26.3 Å². The van der Waals surface area contributed by atoms with Crippen LogP contribution in [0.15, 0.2) is 23.1 Å². The highest BCUT2D eigenvalue weighted by Crippen LogP contribution is 2.27. The van der Waals surface area contributed by atoms with Gasteiger partial charge in [-0.05, 0) is 17.7 Å². The molecule has 2 N–H and O–H groups in total. The Morgan fingerprint density at radius 2 is 1.86 bits per heavy atom. The maximum Gasteiger partial charge on any atom is 0.246 e. The van der Waals surface area contributed by atoms with Crippen molar-refractivity contribution in [2.24, 2.45) is 5.73 Å². The molecule has 0 saturated heterocycles. The zero-order chi connectivity index (χ0) is 16.3. The van der Waals surface area contributed by atoms with Gasteiger partial charge in [-0.15, -0.1) is 0 Å². The van der Waals surface area contributed by atoms with Gasteiger partial charge in [0.1, 0.15) is 20.5 Å². The van der Waals surface area contributed by atoms with Crippen LogP contribution in [0.5, 0.6) is 5.75 Å².